The van der Waals surface area contributed by atoms with Gasteiger partial charge in [-0.2, -0.15) is 0 Å². The third-order valence-corrected chi connectivity index (χ3v) is 6.91. The van der Waals surface area contributed by atoms with Crippen LogP contribution in [0, 0.1) is 0 Å². The lowest BCUT2D eigenvalue weighted by atomic mass is 9.96. The van der Waals surface area contributed by atoms with E-state index in [9.17, 15) is 0 Å². The Morgan fingerprint density at radius 2 is 1.23 bits per heavy atom. The topological polar surface area (TPSA) is 34.8 Å². The van der Waals surface area contributed by atoms with Crippen LogP contribution >= 0.6 is 0 Å². The van der Waals surface area contributed by atoms with Gasteiger partial charge < -0.3 is 14.9 Å². The molecule has 0 bridgehead atoms. The van der Waals surface area contributed by atoms with E-state index in [0.717, 1.165) is 33.4 Å². The number of para-hydroxylation sites is 3. The molecular formula is C32H23N3. The Morgan fingerprint density at radius 1 is 0.571 bits per heavy atom. The Bertz CT molecular complexity index is 1870. The van der Waals surface area contributed by atoms with Gasteiger partial charge in [0.05, 0.1) is 11.0 Å². The van der Waals surface area contributed by atoms with Crippen LogP contribution in [0.4, 0.5) is 11.4 Å². The molecule has 0 amide bonds. The number of aromatic amines is 2. The second kappa shape index (κ2) is 7.64. The second-order valence-corrected chi connectivity index (χ2v) is 8.88. The number of hydrogen-bond donors (Lipinski definition) is 2. The maximum atomic E-state index is 4.08. The van der Waals surface area contributed by atoms with Crippen molar-refractivity contribution in [3.63, 3.8) is 0 Å². The molecule has 7 aromatic rings. The van der Waals surface area contributed by atoms with Crippen molar-refractivity contribution in [1.29, 1.82) is 0 Å². The Balaban J connectivity index is 1.55. The SMILES string of the molecule is C=CN(c1ccccc1)c1cccc(-c2cc3c4ccccc4[nH]c3c3[nH]c4ccccc4c23)c1. The first-order chi connectivity index (χ1) is 17.3. The number of hydrogen-bond acceptors (Lipinski definition) is 1. The molecule has 2 aromatic heterocycles. The number of fused-ring (bicyclic) bond motifs is 7. The zero-order chi connectivity index (χ0) is 23.4. The number of aromatic nitrogens is 2. The summed E-state index contributed by atoms with van der Waals surface area (Å²) in [5.74, 6) is 0. The van der Waals surface area contributed by atoms with E-state index >= 15 is 0 Å². The number of anilines is 2. The molecule has 2 heterocycles. The van der Waals surface area contributed by atoms with Gasteiger partial charge in [-0.3, -0.25) is 0 Å². The van der Waals surface area contributed by atoms with Gasteiger partial charge in [0, 0.05) is 50.2 Å². The number of H-pyrrole nitrogens is 2. The van der Waals surface area contributed by atoms with Crippen LogP contribution in [-0.4, -0.2) is 9.97 Å². The molecule has 166 valence electrons. The van der Waals surface area contributed by atoms with E-state index in [1.165, 1.54) is 32.7 Å². The average Bonchev–Trinajstić information content (AvgIpc) is 3.48. The summed E-state index contributed by atoms with van der Waals surface area (Å²) in [6.45, 7) is 4.08. The molecule has 0 radical (unpaired) electrons. The highest BCUT2D eigenvalue weighted by molar-refractivity contribution is 6.26. The van der Waals surface area contributed by atoms with Crippen LogP contribution in [0.25, 0.3) is 54.7 Å². The Labute approximate surface area is 202 Å². The summed E-state index contributed by atoms with van der Waals surface area (Å²) in [4.78, 5) is 9.50. The van der Waals surface area contributed by atoms with Crippen molar-refractivity contribution in [3.8, 4) is 11.1 Å². The van der Waals surface area contributed by atoms with Gasteiger partial charge in [0.15, 0.2) is 0 Å². The fourth-order valence-corrected chi connectivity index (χ4v) is 5.34. The molecule has 5 aromatic carbocycles. The van der Waals surface area contributed by atoms with Crippen molar-refractivity contribution in [3.05, 3.63) is 122 Å². The number of nitrogens with one attached hydrogen (secondary N) is 2. The molecule has 2 N–H and O–H groups in total. The summed E-state index contributed by atoms with van der Waals surface area (Å²) >= 11 is 0. The Kier molecular flexibility index (Phi) is 4.30. The third-order valence-electron chi connectivity index (χ3n) is 6.91. The van der Waals surface area contributed by atoms with Crippen LogP contribution in [0.5, 0.6) is 0 Å². The van der Waals surface area contributed by atoms with Gasteiger partial charge in [-0.25, -0.2) is 0 Å². The second-order valence-electron chi connectivity index (χ2n) is 8.88. The van der Waals surface area contributed by atoms with Gasteiger partial charge in [-0.1, -0.05) is 73.3 Å². The fraction of sp³-hybridized carbons (Fsp3) is 0. The highest BCUT2D eigenvalue weighted by Crippen LogP contribution is 2.42. The monoisotopic (exact) mass is 449 g/mol. The lowest BCUT2D eigenvalue weighted by Crippen LogP contribution is -2.07. The minimum absolute atomic E-state index is 1.08. The van der Waals surface area contributed by atoms with Gasteiger partial charge >= 0.3 is 0 Å². The summed E-state index contributed by atoms with van der Waals surface area (Å²) in [6.07, 6.45) is 1.87. The number of rotatable bonds is 4. The van der Waals surface area contributed by atoms with Gasteiger partial charge in [-0.15, -0.1) is 0 Å². The van der Waals surface area contributed by atoms with Gasteiger partial charge in [0.2, 0.25) is 0 Å². The lowest BCUT2D eigenvalue weighted by Gasteiger charge is -2.21. The molecule has 35 heavy (non-hydrogen) atoms. The molecule has 3 heteroatoms. The van der Waals surface area contributed by atoms with Gasteiger partial charge in [0.25, 0.3) is 0 Å². The highest BCUT2D eigenvalue weighted by atomic mass is 15.1. The van der Waals surface area contributed by atoms with E-state index in [-0.39, 0.29) is 0 Å². The first-order valence-electron chi connectivity index (χ1n) is 11.8. The summed E-state index contributed by atoms with van der Waals surface area (Å²) in [5.41, 5.74) is 9.14. The van der Waals surface area contributed by atoms with E-state index in [1.54, 1.807) is 0 Å². The van der Waals surface area contributed by atoms with Crippen LogP contribution < -0.4 is 4.90 Å². The molecule has 0 fully saturated rings. The smallest absolute Gasteiger partial charge is 0.0716 e. The van der Waals surface area contributed by atoms with Crippen molar-refractivity contribution >= 4 is 55.0 Å². The Hall–Kier alpha value is -4.76. The molecule has 0 aliphatic rings. The maximum Gasteiger partial charge on any atom is 0.0716 e. The molecular weight excluding hydrogens is 426 g/mol. The summed E-state index contributed by atoms with van der Waals surface area (Å²) < 4.78 is 0. The van der Waals surface area contributed by atoms with Crippen molar-refractivity contribution in [2.45, 2.75) is 0 Å². The average molecular weight is 450 g/mol. The lowest BCUT2D eigenvalue weighted by molar-refractivity contribution is 1.29. The van der Waals surface area contributed by atoms with Gasteiger partial charge in [0.1, 0.15) is 0 Å². The Morgan fingerprint density at radius 3 is 2.03 bits per heavy atom. The van der Waals surface area contributed by atoms with Crippen molar-refractivity contribution in [1.82, 2.24) is 9.97 Å². The molecule has 0 aliphatic carbocycles. The van der Waals surface area contributed by atoms with Crippen LogP contribution in [0.3, 0.4) is 0 Å². The predicted octanol–water partition coefficient (Wildman–Crippen LogP) is 8.90. The molecule has 0 saturated heterocycles. The van der Waals surface area contributed by atoms with Crippen molar-refractivity contribution < 1.29 is 0 Å². The molecule has 0 saturated carbocycles. The van der Waals surface area contributed by atoms with Crippen LogP contribution in [0.15, 0.2) is 122 Å². The summed E-state index contributed by atoms with van der Waals surface area (Å²) in [5, 5.41) is 4.93. The quantitative estimate of drug-likeness (QED) is 0.276. The largest absolute Gasteiger partial charge is 0.353 e. The van der Waals surface area contributed by atoms with Crippen LogP contribution in [-0.2, 0) is 0 Å². The molecule has 0 aliphatic heterocycles. The fourth-order valence-electron chi connectivity index (χ4n) is 5.34. The van der Waals surface area contributed by atoms with Gasteiger partial charge in [-0.05, 0) is 53.6 Å². The maximum absolute atomic E-state index is 4.08. The number of benzene rings is 5. The van der Waals surface area contributed by atoms with E-state index in [1.807, 2.05) is 12.3 Å². The minimum atomic E-state index is 1.08. The molecule has 7 rings (SSSR count). The standard InChI is InChI=1S/C32H23N3/c1-2-35(22-12-4-3-5-13-22)23-14-10-11-21(19-23)26-20-27-24-15-6-8-17-28(24)33-31(27)32-30(26)25-16-7-9-18-29(25)34-32/h2-20,33-34H,1H2. The summed E-state index contributed by atoms with van der Waals surface area (Å²) in [7, 11) is 0. The normalized spacial score (nSPS) is 11.5. The minimum Gasteiger partial charge on any atom is -0.353 e. The molecule has 3 nitrogen and oxygen atoms in total. The van der Waals surface area contributed by atoms with E-state index in [0.29, 0.717) is 0 Å². The zero-order valence-corrected chi connectivity index (χ0v) is 19.1. The predicted molar refractivity (Wildman–Crippen MR) is 149 cm³/mol. The van der Waals surface area contributed by atoms with E-state index in [2.05, 4.69) is 125 Å². The molecule has 0 atom stereocenters. The highest BCUT2D eigenvalue weighted by Gasteiger charge is 2.17. The first kappa shape index (κ1) is 19.7. The van der Waals surface area contributed by atoms with Crippen molar-refractivity contribution in [2.75, 3.05) is 4.90 Å². The third kappa shape index (κ3) is 2.99. The van der Waals surface area contributed by atoms with E-state index in [4.69, 9.17) is 0 Å². The molecule has 0 unspecified atom stereocenters. The summed E-state index contributed by atoms with van der Waals surface area (Å²) in [6, 6.07) is 38.5. The van der Waals surface area contributed by atoms with E-state index < -0.39 is 0 Å². The molecule has 0 spiro atoms. The number of nitrogens with zero attached hydrogens (tertiary/aromatic N) is 1. The van der Waals surface area contributed by atoms with Crippen molar-refractivity contribution in [2.24, 2.45) is 0 Å². The zero-order valence-electron chi connectivity index (χ0n) is 19.1. The first-order valence-corrected chi connectivity index (χ1v) is 11.8. The van der Waals surface area contributed by atoms with Crippen LogP contribution in [0.2, 0.25) is 0 Å². The van der Waals surface area contributed by atoms with Crippen LogP contribution in [0.1, 0.15) is 0 Å².